The van der Waals surface area contributed by atoms with Gasteiger partial charge in [0.1, 0.15) is 0 Å². The van der Waals surface area contributed by atoms with E-state index >= 15 is 0 Å². The topological polar surface area (TPSA) is 75.7 Å². The number of nitrogens with one attached hydrogen (secondary N) is 1. The molecule has 1 aromatic rings. The molecule has 1 fully saturated rings. The predicted octanol–water partition coefficient (Wildman–Crippen LogP) is 2.53. The Kier molecular flexibility index (Phi) is 6.62. The van der Waals surface area contributed by atoms with Crippen molar-refractivity contribution in [3.8, 4) is 0 Å². The first-order valence-corrected chi connectivity index (χ1v) is 9.82. The highest BCUT2D eigenvalue weighted by atomic mass is 32.2. The molecule has 1 saturated heterocycles. The zero-order valence-corrected chi connectivity index (χ0v) is 15.1. The van der Waals surface area contributed by atoms with E-state index in [-0.39, 0.29) is 23.5 Å². The Labute approximate surface area is 144 Å². The van der Waals surface area contributed by atoms with Gasteiger partial charge >= 0.3 is 6.03 Å². The van der Waals surface area contributed by atoms with Crippen molar-refractivity contribution >= 4 is 16.1 Å². The maximum Gasteiger partial charge on any atom is 0.317 e. The standard InChI is InChI=1S/C17H26N2O4S/c1-3-18-17(20)19-11-4-5-15(13-19)10-12-23-24(21,22)16-8-6-14(2)7-9-16/h6-9,15H,3-5,10-13H2,1-2H3,(H,18,20). The minimum atomic E-state index is -3.71. The third-order valence-corrected chi connectivity index (χ3v) is 5.53. The molecule has 134 valence electrons. The summed E-state index contributed by atoms with van der Waals surface area (Å²) in [6, 6.07) is 6.57. The van der Waals surface area contributed by atoms with E-state index in [1.54, 1.807) is 29.2 Å². The summed E-state index contributed by atoms with van der Waals surface area (Å²) >= 11 is 0. The van der Waals surface area contributed by atoms with Crippen LogP contribution in [0.5, 0.6) is 0 Å². The number of rotatable bonds is 6. The number of hydrogen-bond donors (Lipinski definition) is 1. The van der Waals surface area contributed by atoms with Crippen molar-refractivity contribution in [1.82, 2.24) is 10.2 Å². The number of urea groups is 1. The second-order valence-electron chi connectivity index (χ2n) is 6.17. The fourth-order valence-corrected chi connectivity index (χ4v) is 3.77. The van der Waals surface area contributed by atoms with Crippen molar-refractivity contribution in [2.45, 2.75) is 38.0 Å². The molecule has 1 N–H and O–H groups in total. The summed E-state index contributed by atoms with van der Waals surface area (Å²) in [5, 5.41) is 2.80. The van der Waals surface area contributed by atoms with Crippen molar-refractivity contribution in [1.29, 1.82) is 0 Å². The number of likely N-dealkylation sites (tertiary alicyclic amines) is 1. The lowest BCUT2D eigenvalue weighted by atomic mass is 9.95. The number of piperidine rings is 1. The molecule has 2 rings (SSSR count). The van der Waals surface area contributed by atoms with E-state index in [1.807, 2.05) is 13.8 Å². The van der Waals surface area contributed by atoms with Gasteiger partial charge in [-0.3, -0.25) is 4.18 Å². The van der Waals surface area contributed by atoms with Gasteiger partial charge < -0.3 is 10.2 Å². The van der Waals surface area contributed by atoms with Crippen LogP contribution in [0.25, 0.3) is 0 Å². The lowest BCUT2D eigenvalue weighted by Gasteiger charge is -2.32. The monoisotopic (exact) mass is 354 g/mol. The zero-order chi connectivity index (χ0) is 17.6. The molecule has 1 heterocycles. The summed E-state index contributed by atoms with van der Waals surface area (Å²) < 4.78 is 29.4. The number of aryl methyl sites for hydroxylation is 1. The predicted molar refractivity (Wildman–Crippen MR) is 92.3 cm³/mol. The summed E-state index contributed by atoms with van der Waals surface area (Å²) in [5.41, 5.74) is 1.00. The van der Waals surface area contributed by atoms with E-state index in [1.165, 1.54) is 0 Å². The summed E-state index contributed by atoms with van der Waals surface area (Å²) in [4.78, 5) is 13.9. The number of carbonyl (C=O) groups excluding carboxylic acids is 1. The maximum absolute atomic E-state index is 12.1. The molecule has 1 unspecified atom stereocenters. The van der Waals surface area contributed by atoms with Crippen molar-refractivity contribution in [3.05, 3.63) is 29.8 Å². The van der Waals surface area contributed by atoms with Crippen molar-refractivity contribution in [3.63, 3.8) is 0 Å². The molecule has 0 spiro atoms. The zero-order valence-electron chi connectivity index (χ0n) is 14.3. The van der Waals surface area contributed by atoms with Crippen LogP contribution >= 0.6 is 0 Å². The molecule has 7 heteroatoms. The molecule has 0 saturated carbocycles. The third kappa shape index (κ3) is 5.21. The molecule has 1 aliphatic heterocycles. The van der Waals surface area contributed by atoms with Crippen LogP contribution in [0.2, 0.25) is 0 Å². The van der Waals surface area contributed by atoms with E-state index < -0.39 is 10.1 Å². The van der Waals surface area contributed by atoms with E-state index in [2.05, 4.69) is 5.32 Å². The Morgan fingerprint density at radius 1 is 1.33 bits per heavy atom. The molecule has 6 nitrogen and oxygen atoms in total. The molecular formula is C17H26N2O4S. The average Bonchev–Trinajstić information content (AvgIpc) is 2.55. The van der Waals surface area contributed by atoms with Gasteiger partial charge in [0.2, 0.25) is 0 Å². The highest BCUT2D eigenvalue weighted by molar-refractivity contribution is 7.86. The summed E-state index contributed by atoms with van der Waals surface area (Å²) in [6.45, 7) is 5.95. The molecule has 2 amide bonds. The minimum absolute atomic E-state index is 0.0459. The molecule has 1 aliphatic rings. The SMILES string of the molecule is CCNC(=O)N1CCCC(CCOS(=O)(=O)c2ccc(C)cc2)C1. The number of amides is 2. The molecule has 0 radical (unpaired) electrons. The Morgan fingerprint density at radius 3 is 2.71 bits per heavy atom. The van der Waals surface area contributed by atoms with Gasteiger partial charge in [-0.25, -0.2) is 4.79 Å². The molecule has 1 aromatic carbocycles. The van der Waals surface area contributed by atoms with E-state index in [0.717, 1.165) is 24.9 Å². The minimum Gasteiger partial charge on any atom is -0.338 e. The first kappa shape index (κ1) is 18.7. The van der Waals surface area contributed by atoms with Crippen LogP contribution in [-0.2, 0) is 14.3 Å². The largest absolute Gasteiger partial charge is 0.338 e. The molecule has 24 heavy (non-hydrogen) atoms. The van der Waals surface area contributed by atoms with E-state index in [0.29, 0.717) is 19.5 Å². The molecule has 0 aromatic heterocycles. The van der Waals surface area contributed by atoms with Crippen molar-refractivity contribution in [2.75, 3.05) is 26.2 Å². The summed E-state index contributed by atoms with van der Waals surface area (Å²) in [6.07, 6.45) is 2.55. The van der Waals surface area contributed by atoms with Crippen LogP contribution in [0.15, 0.2) is 29.2 Å². The number of nitrogens with zero attached hydrogens (tertiary/aromatic N) is 1. The summed E-state index contributed by atoms with van der Waals surface area (Å²) in [7, 11) is -3.71. The molecular weight excluding hydrogens is 328 g/mol. The normalized spacial score (nSPS) is 18.4. The highest BCUT2D eigenvalue weighted by Gasteiger charge is 2.24. The number of carbonyl (C=O) groups is 1. The van der Waals surface area contributed by atoms with Crippen LogP contribution in [0.1, 0.15) is 31.7 Å². The Morgan fingerprint density at radius 2 is 2.04 bits per heavy atom. The van der Waals surface area contributed by atoms with Gasteiger partial charge in [0, 0.05) is 19.6 Å². The smallest absolute Gasteiger partial charge is 0.317 e. The average molecular weight is 354 g/mol. The van der Waals surface area contributed by atoms with Gasteiger partial charge in [0.05, 0.1) is 11.5 Å². The van der Waals surface area contributed by atoms with Crippen LogP contribution in [-0.4, -0.2) is 45.6 Å². The van der Waals surface area contributed by atoms with E-state index in [9.17, 15) is 13.2 Å². The van der Waals surface area contributed by atoms with Crippen molar-refractivity contribution in [2.24, 2.45) is 5.92 Å². The quantitative estimate of drug-likeness (QED) is 0.797. The molecule has 0 bridgehead atoms. The van der Waals surface area contributed by atoms with Gasteiger partial charge in [-0.1, -0.05) is 17.7 Å². The fraction of sp³-hybridized carbons (Fsp3) is 0.588. The van der Waals surface area contributed by atoms with Gasteiger partial charge in [-0.2, -0.15) is 8.42 Å². The van der Waals surface area contributed by atoms with Crippen LogP contribution < -0.4 is 5.32 Å². The summed E-state index contributed by atoms with van der Waals surface area (Å²) in [5.74, 6) is 0.273. The van der Waals surface area contributed by atoms with Gasteiger partial charge in [-0.05, 0) is 51.2 Å². The van der Waals surface area contributed by atoms with Gasteiger partial charge in [0.15, 0.2) is 0 Å². The van der Waals surface area contributed by atoms with E-state index in [4.69, 9.17) is 4.18 Å². The second-order valence-corrected chi connectivity index (χ2v) is 7.78. The highest BCUT2D eigenvalue weighted by Crippen LogP contribution is 2.21. The Balaban J connectivity index is 1.82. The van der Waals surface area contributed by atoms with Crippen molar-refractivity contribution < 1.29 is 17.4 Å². The van der Waals surface area contributed by atoms with Crippen LogP contribution in [0.4, 0.5) is 4.79 Å². The Hall–Kier alpha value is -1.60. The first-order chi connectivity index (χ1) is 11.4. The number of benzene rings is 1. The van der Waals surface area contributed by atoms with Gasteiger partial charge in [-0.15, -0.1) is 0 Å². The molecule has 1 atom stereocenters. The number of hydrogen-bond acceptors (Lipinski definition) is 4. The second kappa shape index (κ2) is 8.48. The van der Waals surface area contributed by atoms with Crippen LogP contribution in [0.3, 0.4) is 0 Å². The van der Waals surface area contributed by atoms with Gasteiger partial charge in [0.25, 0.3) is 10.1 Å². The lowest BCUT2D eigenvalue weighted by molar-refractivity contribution is 0.154. The first-order valence-electron chi connectivity index (χ1n) is 8.41. The lowest BCUT2D eigenvalue weighted by Crippen LogP contribution is -2.45. The fourth-order valence-electron chi connectivity index (χ4n) is 2.85. The molecule has 0 aliphatic carbocycles. The maximum atomic E-state index is 12.1. The van der Waals surface area contributed by atoms with Crippen LogP contribution in [0, 0.1) is 12.8 Å². The third-order valence-electron chi connectivity index (χ3n) is 4.21. The Bertz CT molecular complexity index is 643.